The Morgan fingerprint density at radius 2 is 2.20 bits per heavy atom. The minimum Gasteiger partial charge on any atom is -0.497 e. The molecule has 0 bridgehead atoms. The molecule has 2 heteroatoms. The quantitative estimate of drug-likeness (QED) is 0.728. The van der Waals surface area contributed by atoms with Gasteiger partial charge in [0.2, 0.25) is 0 Å². The largest absolute Gasteiger partial charge is 0.497 e. The van der Waals surface area contributed by atoms with E-state index in [-0.39, 0.29) is 0 Å². The van der Waals surface area contributed by atoms with Gasteiger partial charge in [0.15, 0.2) is 0 Å². The van der Waals surface area contributed by atoms with Crippen molar-refractivity contribution in [2.45, 2.75) is 32.3 Å². The molecule has 0 saturated heterocycles. The predicted molar refractivity (Wildman–Crippen MR) is 60.5 cm³/mol. The zero-order valence-electron chi connectivity index (χ0n) is 9.45. The van der Waals surface area contributed by atoms with Crippen molar-refractivity contribution >= 4 is 0 Å². The molecule has 1 aromatic rings. The van der Waals surface area contributed by atoms with Crippen molar-refractivity contribution in [3.63, 3.8) is 0 Å². The third-order valence-electron chi connectivity index (χ3n) is 2.60. The van der Waals surface area contributed by atoms with Gasteiger partial charge in [-0.05, 0) is 49.4 Å². The molecular weight excluding hydrogens is 188 g/mol. The Morgan fingerprint density at radius 1 is 1.47 bits per heavy atom. The molecular formula is C13H18O2. The average molecular weight is 206 g/mol. The number of benzene rings is 1. The smallest absolute Gasteiger partial charge is 0.119 e. The molecule has 0 aromatic heterocycles. The van der Waals surface area contributed by atoms with Crippen LogP contribution in [0.25, 0.3) is 0 Å². The first-order valence-corrected chi connectivity index (χ1v) is 5.32. The van der Waals surface area contributed by atoms with Crippen LogP contribution in [-0.4, -0.2) is 13.2 Å². The number of ether oxygens (including phenoxy) is 1. The van der Waals surface area contributed by atoms with Gasteiger partial charge in [-0.15, -0.1) is 0 Å². The maximum absolute atomic E-state index is 11.3. The monoisotopic (exact) mass is 206 g/mol. The molecule has 1 unspecified atom stereocenters. The Balaban J connectivity index is 2.66. The summed E-state index contributed by atoms with van der Waals surface area (Å²) in [7, 11) is 1.64. The lowest BCUT2D eigenvalue weighted by Crippen LogP contribution is -2.04. The van der Waals surface area contributed by atoms with Gasteiger partial charge >= 0.3 is 0 Å². The third-order valence-corrected chi connectivity index (χ3v) is 2.60. The molecule has 82 valence electrons. The molecule has 0 aliphatic rings. The fourth-order valence-electron chi connectivity index (χ4n) is 1.48. The highest BCUT2D eigenvalue weighted by Crippen LogP contribution is 2.19. The molecule has 0 heterocycles. The molecule has 2 radical (unpaired) electrons. The van der Waals surface area contributed by atoms with Crippen LogP contribution in [0.3, 0.4) is 0 Å². The number of hydrogen-bond donors (Lipinski definition) is 0. The van der Waals surface area contributed by atoms with Crippen LogP contribution in [0.4, 0.5) is 0 Å². The Bertz CT molecular complexity index is 307. The summed E-state index contributed by atoms with van der Waals surface area (Å²) in [5.41, 5.74) is 2.10. The highest BCUT2D eigenvalue weighted by molar-refractivity contribution is 5.37. The van der Waals surface area contributed by atoms with E-state index in [9.17, 15) is 5.11 Å². The summed E-state index contributed by atoms with van der Waals surface area (Å²) in [4.78, 5) is 0. The van der Waals surface area contributed by atoms with Crippen molar-refractivity contribution in [2.75, 3.05) is 7.11 Å². The summed E-state index contributed by atoms with van der Waals surface area (Å²) in [6.07, 6.45) is 1.69. The Hall–Kier alpha value is -1.02. The molecule has 0 fully saturated rings. The van der Waals surface area contributed by atoms with E-state index in [0.717, 1.165) is 23.3 Å². The summed E-state index contributed by atoms with van der Waals surface area (Å²) < 4.78 is 5.14. The molecule has 0 aliphatic heterocycles. The second-order valence-corrected chi connectivity index (χ2v) is 3.70. The van der Waals surface area contributed by atoms with Crippen LogP contribution in [0.1, 0.15) is 30.9 Å². The van der Waals surface area contributed by atoms with Crippen molar-refractivity contribution in [3.05, 3.63) is 36.2 Å². The van der Waals surface area contributed by atoms with Gasteiger partial charge in [0.25, 0.3) is 0 Å². The van der Waals surface area contributed by atoms with Gasteiger partial charge in [-0.25, -0.2) is 5.11 Å². The van der Waals surface area contributed by atoms with E-state index >= 15 is 0 Å². The van der Waals surface area contributed by atoms with Gasteiger partial charge in [0.05, 0.1) is 13.2 Å². The van der Waals surface area contributed by atoms with E-state index < -0.39 is 6.10 Å². The van der Waals surface area contributed by atoms with Crippen molar-refractivity contribution in [2.24, 2.45) is 0 Å². The fourth-order valence-corrected chi connectivity index (χ4v) is 1.48. The molecule has 0 saturated carbocycles. The van der Waals surface area contributed by atoms with Gasteiger partial charge in [0.1, 0.15) is 5.75 Å². The second-order valence-electron chi connectivity index (χ2n) is 3.70. The van der Waals surface area contributed by atoms with Crippen LogP contribution in [0.2, 0.25) is 0 Å². The van der Waals surface area contributed by atoms with Gasteiger partial charge in [-0.1, -0.05) is 13.0 Å². The highest BCUT2D eigenvalue weighted by atomic mass is 16.5. The summed E-state index contributed by atoms with van der Waals surface area (Å²) in [6.45, 7) is 5.87. The van der Waals surface area contributed by atoms with Gasteiger partial charge in [-0.3, -0.25) is 0 Å². The van der Waals surface area contributed by atoms with Crippen LogP contribution in [-0.2, 0) is 11.5 Å². The molecule has 1 rings (SSSR count). The van der Waals surface area contributed by atoms with E-state index in [1.165, 1.54) is 0 Å². The first kappa shape index (κ1) is 12.1. The minimum absolute atomic E-state index is 0.462. The standard InChI is InChI=1S/C13H18O2/c1-4-12(14)7-6-11-9-13(15-3)8-5-10(11)2/h5,8-9,12H,2,4,6-7H2,1,3H3. The first-order valence-electron chi connectivity index (χ1n) is 5.32. The average Bonchev–Trinajstić information content (AvgIpc) is 2.27. The number of methoxy groups -OCH3 is 1. The maximum Gasteiger partial charge on any atom is 0.119 e. The predicted octanol–water partition coefficient (Wildman–Crippen LogP) is 3.02. The minimum atomic E-state index is -0.462. The molecule has 0 amide bonds. The molecule has 0 spiro atoms. The van der Waals surface area contributed by atoms with Crippen LogP contribution < -0.4 is 4.74 Å². The number of hydrogen-bond acceptors (Lipinski definition) is 1. The topological polar surface area (TPSA) is 29.1 Å². The first-order chi connectivity index (χ1) is 7.17. The number of aryl methyl sites for hydroxylation is 1. The summed E-state index contributed by atoms with van der Waals surface area (Å²) in [6, 6.07) is 5.78. The van der Waals surface area contributed by atoms with Crippen LogP contribution >= 0.6 is 0 Å². The van der Waals surface area contributed by atoms with Gasteiger partial charge < -0.3 is 4.74 Å². The lowest BCUT2D eigenvalue weighted by molar-refractivity contribution is 0.0782. The second kappa shape index (κ2) is 5.76. The van der Waals surface area contributed by atoms with Crippen LogP contribution in [0.5, 0.6) is 5.75 Å². The van der Waals surface area contributed by atoms with Crippen molar-refractivity contribution in [1.29, 1.82) is 0 Å². The van der Waals surface area contributed by atoms with Crippen molar-refractivity contribution < 1.29 is 9.84 Å². The number of rotatable bonds is 5. The molecule has 0 N–H and O–H groups in total. The van der Waals surface area contributed by atoms with Crippen LogP contribution in [0, 0.1) is 6.92 Å². The van der Waals surface area contributed by atoms with E-state index in [1.54, 1.807) is 7.11 Å². The molecule has 1 atom stereocenters. The van der Waals surface area contributed by atoms with Gasteiger partial charge in [-0.2, -0.15) is 0 Å². The Kier molecular flexibility index (Phi) is 4.63. The molecule has 2 nitrogen and oxygen atoms in total. The SMILES string of the molecule is [CH2]c1ccc(OC)cc1CCC([O])CC. The van der Waals surface area contributed by atoms with Gasteiger partial charge in [0, 0.05) is 0 Å². The van der Waals surface area contributed by atoms with E-state index in [4.69, 9.17) is 4.74 Å². The molecule has 1 aromatic carbocycles. The Labute approximate surface area is 91.9 Å². The maximum atomic E-state index is 11.3. The fraction of sp³-hybridized carbons (Fsp3) is 0.462. The van der Waals surface area contributed by atoms with Crippen LogP contribution in [0.15, 0.2) is 18.2 Å². The molecule has 15 heavy (non-hydrogen) atoms. The van der Waals surface area contributed by atoms with E-state index in [2.05, 4.69) is 6.92 Å². The zero-order chi connectivity index (χ0) is 11.3. The lowest BCUT2D eigenvalue weighted by Gasteiger charge is -2.09. The third kappa shape index (κ3) is 3.56. The molecule has 0 aliphatic carbocycles. The van der Waals surface area contributed by atoms with Crippen molar-refractivity contribution in [1.82, 2.24) is 0 Å². The lowest BCUT2D eigenvalue weighted by atomic mass is 10.0. The van der Waals surface area contributed by atoms with Crippen molar-refractivity contribution in [3.8, 4) is 5.75 Å². The summed E-state index contributed by atoms with van der Waals surface area (Å²) >= 11 is 0. The van der Waals surface area contributed by atoms with E-state index in [1.807, 2.05) is 25.1 Å². The zero-order valence-corrected chi connectivity index (χ0v) is 9.45. The summed E-state index contributed by atoms with van der Waals surface area (Å²) in [5, 5.41) is 11.3. The summed E-state index contributed by atoms with van der Waals surface area (Å²) in [5.74, 6) is 0.830. The Morgan fingerprint density at radius 3 is 2.80 bits per heavy atom. The normalized spacial score (nSPS) is 12.5. The highest BCUT2D eigenvalue weighted by Gasteiger charge is 2.06. The van der Waals surface area contributed by atoms with E-state index in [0.29, 0.717) is 12.8 Å².